The number of carbonyl (C=O) groups is 2. The van der Waals surface area contributed by atoms with Crippen LogP contribution < -0.4 is 0 Å². The van der Waals surface area contributed by atoms with Crippen molar-refractivity contribution in [2.75, 3.05) is 6.61 Å². The van der Waals surface area contributed by atoms with Crippen LogP contribution in [0.4, 0.5) is 0 Å². The van der Waals surface area contributed by atoms with E-state index in [0.717, 1.165) is 32.1 Å². The first-order valence-electron chi connectivity index (χ1n) is 5.86. The lowest BCUT2D eigenvalue weighted by molar-refractivity contribution is -0.148. The van der Waals surface area contributed by atoms with Crippen LogP contribution in [0.25, 0.3) is 0 Å². The highest BCUT2D eigenvalue weighted by Gasteiger charge is 2.11. The van der Waals surface area contributed by atoms with Gasteiger partial charge in [-0.25, -0.2) is 0 Å². The lowest BCUT2D eigenvalue weighted by atomic mass is 10.1. The normalized spacial score (nSPS) is 11.9. The van der Waals surface area contributed by atoms with Crippen molar-refractivity contribution in [3.63, 3.8) is 0 Å². The molecule has 1 unspecified atom stereocenters. The predicted octanol–water partition coefficient (Wildman–Crippen LogP) is 2.45. The molecule has 4 nitrogen and oxygen atoms in total. The van der Waals surface area contributed by atoms with Gasteiger partial charge in [-0.05, 0) is 19.3 Å². The maximum Gasteiger partial charge on any atom is 0.302 e. The summed E-state index contributed by atoms with van der Waals surface area (Å²) in [6.45, 7) is 5.31. The van der Waals surface area contributed by atoms with Crippen LogP contribution in [0, 0.1) is 0 Å². The number of unbranched alkanes of at least 4 members (excludes halogenated alkanes) is 1. The second-order valence-corrected chi connectivity index (χ2v) is 3.86. The molecule has 0 amide bonds. The van der Waals surface area contributed by atoms with Crippen LogP contribution in [-0.2, 0) is 19.1 Å². The van der Waals surface area contributed by atoms with Gasteiger partial charge in [-0.2, -0.15) is 0 Å². The molecule has 0 radical (unpaired) electrons. The molecule has 0 aliphatic carbocycles. The van der Waals surface area contributed by atoms with Crippen LogP contribution in [0.2, 0.25) is 0 Å². The molecule has 0 spiro atoms. The van der Waals surface area contributed by atoms with Crippen LogP contribution >= 0.6 is 0 Å². The molecule has 0 saturated carbocycles. The van der Waals surface area contributed by atoms with Gasteiger partial charge in [0.05, 0.1) is 6.61 Å². The fraction of sp³-hybridized carbons (Fsp3) is 0.833. The zero-order chi connectivity index (χ0) is 12.4. The van der Waals surface area contributed by atoms with Crippen LogP contribution in [-0.4, -0.2) is 24.6 Å². The molecule has 0 heterocycles. The second kappa shape index (κ2) is 9.19. The van der Waals surface area contributed by atoms with Crippen molar-refractivity contribution in [1.82, 2.24) is 0 Å². The van der Waals surface area contributed by atoms with E-state index in [4.69, 9.17) is 9.47 Å². The van der Waals surface area contributed by atoms with Gasteiger partial charge in [0.25, 0.3) is 0 Å². The Labute approximate surface area is 97.3 Å². The molecule has 0 aliphatic heterocycles. The number of carbonyl (C=O) groups excluding carboxylic acids is 2. The summed E-state index contributed by atoms with van der Waals surface area (Å²) >= 11 is 0. The summed E-state index contributed by atoms with van der Waals surface area (Å²) in [4.78, 5) is 21.4. The summed E-state index contributed by atoms with van der Waals surface area (Å²) in [6, 6.07) is 0. The van der Waals surface area contributed by atoms with Gasteiger partial charge in [-0.1, -0.05) is 19.8 Å². The molecule has 4 heteroatoms. The third kappa shape index (κ3) is 9.49. The molecule has 0 aromatic carbocycles. The Bertz CT molecular complexity index is 213. The Hall–Kier alpha value is -1.06. The first-order chi connectivity index (χ1) is 7.56. The van der Waals surface area contributed by atoms with Gasteiger partial charge in [0.2, 0.25) is 0 Å². The summed E-state index contributed by atoms with van der Waals surface area (Å²) in [5.41, 5.74) is 0. The third-order valence-corrected chi connectivity index (χ3v) is 2.19. The molecule has 0 aromatic heterocycles. The topological polar surface area (TPSA) is 52.6 Å². The minimum Gasteiger partial charge on any atom is -0.466 e. The average Bonchev–Trinajstić information content (AvgIpc) is 2.19. The maximum atomic E-state index is 10.9. The van der Waals surface area contributed by atoms with E-state index in [-0.39, 0.29) is 18.0 Å². The highest BCUT2D eigenvalue weighted by molar-refractivity contribution is 5.66. The van der Waals surface area contributed by atoms with Crippen LogP contribution in [0.15, 0.2) is 0 Å². The number of rotatable bonds is 8. The molecule has 1 atom stereocenters. The fourth-order valence-electron chi connectivity index (χ4n) is 1.46. The zero-order valence-electron chi connectivity index (χ0n) is 10.5. The highest BCUT2D eigenvalue weighted by Crippen LogP contribution is 2.11. The Morgan fingerprint density at radius 2 is 1.69 bits per heavy atom. The van der Waals surface area contributed by atoms with Crippen molar-refractivity contribution in [3.05, 3.63) is 0 Å². The van der Waals surface area contributed by atoms with Crippen LogP contribution in [0.3, 0.4) is 0 Å². The van der Waals surface area contributed by atoms with E-state index >= 15 is 0 Å². The van der Waals surface area contributed by atoms with Crippen LogP contribution in [0.1, 0.15) is 52.9 Å². The number of hydrogen-bond donors (Lipinski definition) is 0. The van der Waals surface area contributed by atoms with Crippen molar-refractivity contribution in [1.29, 1.82) is 0 Å². The monoisotopic (exact) mass is 230 g/mol. The molecule has 0 aromatic rings. The van der Waals surface area contributed by atoms with Crippen molar-refractivity contribution < 1.29 is 19.1 Å². The summed E-state index contributed by atoms with van der Waals surface area (Å²) in [7, 11) is 0. The van der Waals surface area contributed by atoms with Crippen molar-refractivity contribution in [3.8, 4) is 0 Å². The van der Waals surface area contributed by atoms with Crippen molar-refractivity contribution in [2.24, 2.45) is 0 Å². The van der Waals surface area contributed by atoms with E-state index in [1.165, 1.54) is 13.8 Å². The lowest BCUT2D eigenvalue weighted by Crippen LogP contribution is -2.17. The Kier molecular flexibility index (Phi) is 8.58. The maximum absolute atomic E-state index is 10.9. The minimum absolute atomic E-state index is 0.0343. The average molecular weight is 230 g/mol. The summed E-state index contributed by atoms with van der Waals surface area (Å²) in [6.07, 6.45) is 4.48. The molecule has 0 fully saturated rings. The fourth-order valence-corrected chi connectivity index (χ4v) is 1.46. The quantitative estimate of drug-likeness (QED) is 0.475. The van der Waals surface area contributed by atoms with Crippen LogP contribution in [0.5, 0.6) is 0 Å². The molecule has 0 saturated heterocycles. The predicted molar refractivity (Wildman–Crippen MR) is 60.9 cm³/mol. The summed E-state index contributed by atoms with van der Waals surface area (Å²) in [5, 5.41) is 0. The third-order valence-electron chi connectivity index (χ3n) is 2.19. The van der Waals surface area contributed by atoms with Gasteiger partial charge in [0, 0.05) is 13.8 Å². The summed E-state index contributed by atoms with van der Waals surface area (Å²) in [5.74, 6) is -0.508. The molecular weight excluding hydrogens is 208 g/mol. The van der Waals surface area contributed by atoms with Crippen molar-refractivity contribution >= 4 is 11.9 Å². The van der Waals surface area contributed by atoms with E-state index in [2.05, 4.69) is 6.92 Å². The van der Waals surface area contributed by atoms with E-state index in [1.54, 1.807) is 0 Å². The Morgan fingerprint density at radius 1 is 1.06 bits per heavy atom. The Morgan fingerprint density at radius 3 is 2.19 bits per heavy atom. The lowest BCUT2D eigenvalue weighted by Gasteiger charge is -2.16. The van der Waals surface area contributed by atoms with Gasteiger partial charge in [-0.15, -0.1) is 0 Å². The number of ether oxygens (including phenoxy) is 2. The van der Waals surface area contributed by atoms with E-state index < -0.39 is 0 Å². The number of esters is 2. The van der Waals surface area contributed by atoms with Gasteiger partial charge in [0.1, 0.15) is 6.10 Å². The minimum atomic E-state index is -0.266. The SMILES string of the molecule is CCCCC(CCCOC(C)=O)OC(C)=O. The van der Waals surface area contributed by atoms with Crippen molar-refractivity contribution in [2.45, 2.75) is 59.0 Å². The molecule has 94 valence electrons. The van der Waals surface area contributed by atoms with Gasteiger partial charge in [-0.3, -0.25) is 9.59 Å². The number of hydrogen-bond acceptors (Lipinski definition) is 4. The molecule has 0 bridgehead atoms. The molecule has 0 N–H and O–H groups in total. The highest BCUT2D eigenvalue weighted by atomic mass is 16.5. The first-order valence-corrected chi connectivity index (χ1v) is 5.86. The molecule has 16 heavy (non-hydrogen) atoms. The second-order valence-electron chi connectivity index (χ2n) is 3.86. The molecule has 0 rings (SSSR count). The molecule has 0 aliphatic rings. The van der Waals surface area contributed by atoms with E-state index in [9.17, 15) is 9.59 Å². The van der Waals surface area contributed by atoms with Gasteiger partial charge < -0.3 is 9.47 Å². The smallest absolute Gasteiger partial charge is 0.302 e. The largest absolute Gasteiger partial charge is 0.466 e. The summed E-state index contributed by atoms with van der Waals surface area (Å²) < 4.78 is 10.0. The van der Waals surface area contributed by atoms with Gasteiger partial charge >= 0.3 is 11.9 Å². The van der Waals surface area contributed by atoms with Gasteiger partial charge in [0.15, 0.2) is 0 Å². The standard InChI is InChI=1S/C12H22O4/c1-4-5-7-12(16-11(3)14)8-6-9-15-10(2)13/h12H,4-9H2,1-3H3. The van der Waals surface area contributed by atoms with E-state index in [0.29, 0.717) is 6.61 Å². The first kappa shape index (κ1) is 14.9. The zero-order valence-corrected chi connectivity index (χ0v) is 10.5. The Balaban J connectivity index is 3.72. The van der Waals surface area contributed by atoms with E-state index in [1.807, 2.05) is 0 Å². The molecular formula is C12H22O4.